The fourth-order valence-corrected chi connectivity index (χ4v) is 2.07. The third-order valence-corrected chi connectivity index (χ3v) is 3.14. The minimum absolute atomic E-state index is 0.223. The lowest BCUT2D eigenvalue weighted by atomic mass is 10.0. The summed E-state index contributed by atoms with van der Waals surface area (Å²) in [6.45, 7) is 4.23. The number of hydrogen-bond donors (Lipinski definition) is 1. The van der Waals surface area contributed by atoms with Crippen LogP contribution in [0, 0.1) is 11.7 Å². The Bertz CT molecular complexity index is 519. The molecule has 23 heavy (non-hydrogen) atoms. The van der Waals surface area contributed by atoms with Gasteiger partial charge in [0.2, 0.25) is 5.91 Å². The number of rotatable bonds is 9. The third kappa shape index (κ3) is 7.63. The normalized spacial score (nSPS) is 11.9. The Labute approximate surface area is 136 Å². The number of esters is 1. The minimum atomic E-state index is -0.628. The van der Waals surface area contributed by atoms with E-state index in [2.05, 4.69) is 5.32 Å². The van der Waals surface area contributed by atoms with Gasteiger partial charge in [0.25, 0.3) is 0 Å². The van der Waals surface area contributed by atoms with E-state index >= 15 is 0 Å². The van der Waals surface area contributed by atoms with Gasteiger partial charge < -0.3 is 14.8 Å². The second-order valence-electron chi connectivity index (χ2n) is 5.68. The van der Waals surface area contributed by atoms with Gasteiger partial charge in [-0.3, -0.25) is 4.79 Å². The summed E-state index contributed by atoms with van der Waals surface area (Å²) in [5.41, 5.74) is 0. The average molecular weight is 325 g/mol. The molecule has 0 aliphatic rings. The fourth-order valence-electron chi connectivity index (χ4n) is 2.07. The van der Waals surface area contributed by atoms with Gasteiger partial charge in [-0.05, 0) is 30.9 Å². The highest BCUT2D eigenvalue weighted by atomic mass is 19.1. The van der Waals surface area contributed by atoms with Gasteiger partial charge in [-0.1, -0.05) is 19.9 Å². The van der Waals surface area contributed by atoms with Crippen molar-refractivity contribution in [2.75, 3.05) is 13.7 Å². The lowest BCUT2D eigenvalue weighted by molar-refractivity contribution is -0.145. The molecule has 1 N–H and O–H groups in total. The molecule has 0 aromatic heterocycles. The van der Waals surface area contributed by atoms with Crippen molar-refractivity contribution in [2.24, 2.45) is 5.92 Å². The molecular weight excluding hydrogens is 301 g/mol. The van der Waals surface area contributed by atoms with Crippen molar-refractivity contribution in [3.05, 3.63) is 30.1 Å². The first kappa shape index (κ1) is 18.9. The largest absolute Gasteiger partial charge is 0.493 e. The predicted octanol–water partition coefficient (Wildman–Crippen LogP) is 2.69. The van der Waals surface area contributed by atoms with Crippen LogP contribution in [0.2, 0.25) is 0 Å². The summed E-state index contributed by atoms with van der Waals surface area (Å²) in [7, 11) is 1.30. The molecule has 0 saturated carbocycles. The summed E-state index contributed by atoms with van der Waals surface area (Å²) >= 11 is 0. The molecular formula is C17H24FNO4. The Morgan fingerprint density at radius 3 is 2.65 bits per heavy atom. The first-order valence-corrected chi connectivity index (χ1v) is 7.68. The van der Waals surface area contributed by atoms with Crippen molar-refractivity contribution in [2.45, 2.75) is 39.2 Å². The summed E-state index contributed by atoms with van der Waals surface area (Å²) in [5.74, 6) is -0.352. The number of halogens is 1. The lowest BCUT2D eigenvalue weighted by Crippen LogP contribution is -2.42. The number of benzene rings is 1. The quantitative estimate of drug-likeness (QED) is 0.560. The number of nitrogens with one attached hydrogen (secondary N) is 1. The molecule has 0 aliphatic carbocycles. The van der Waals surface area contributed by atoms with E-state index in [1.54, 1.807) is 12.1 Å². The van der Waals surface area contributed by atoms with Gasteiger partial charge >= 0.3 is 5.97 Å². The fraction of sp³-hybridized carbons (Fsp3) is 0.529. The van der Waals surface area contributed by atoms with Gasteiger partial charge in [0.1, 0.15) is 17.6 Å². The van der Waals surface area contributed by atoms with Crippen LogP contribution >= 0.6 is 0 Å². The van der Waals surface area contributed by atoms with Crippen LogP contribution in [0.15, 0.2) is 24.3 Å². The van der Waals surface area contributed by atoms with E-state index in [0.717, 1.165) is 0 Å². The highest BCUT2D eigenvalue weighted by Crippen LogP contribution is 2.12. The maximum atomic E-state index is 13.0. The van der Waals surface area contributed by atoms with Crippen LogP contribution in [-0.2, 0) is 14.3 Å². The molecule has 5 nitrogen and oxygen atoms in total. The van der Waals surface area contributed by atoms with Crippen LogP contribution in [-0.4, -0.2) is 31.6 Å². The van der Waals surface area contributed by atoms with E-state index in [0.29, 0.717) is 25.2 Å². The molecule has 1 aromatic carbocycles. The first-order chi connectivity index (χ1) is 10.9. The Hall–Kier alpha value is -2.11. The molecule has 0 radical (unpaired) electrons. The van der Waals surface area contributed by atoms with Gasteiger partial charge in [0, 0.05) is 12.5 Å². The van der Waals surface area contributed by atoms with E-state index in [1.165, 1.54) is 19.2 Å². The summed E-state index contributed by atoms with van der Waals surface area (Å²) in [5, 5.41) is 2.68. The molecule has 128 valence electrons. The molecule has 6 heteroatoms. The van der Waals surface area contributed by atoms with Crippen LogP contribution < -0.4 is 10.1 Å². The van der Waals surface area contributed by atoms with E-state index in [1.807, 2.05) is 13.8 Å². The van der Waals surface area contributed by atoms with Crippen molar-refractivity contribution < 1.29 is 23.5 Å². The van der Waals surface area contributed by atoms with Crippen molar-refractivity contribution in [1.29, 1.82) is 0 Å². The van der Waals surface area contributed by atoms with Crippen LogP contribution in [0.4, 0.5) is 4.39 Å². The molecule has 1 aromatic rings. The smallest absolute Gasteiger partial charge is 0.328 e. The number of ether oxygens (including phenoxy) is 2. The van der Waals surface area contributed by atoms with Gasteiger partial charge in [-0.25, -0.2) is 9.18 Å². The van der Waals surface area contributed by atoms with Gasteiger partial charge in [0.05, 0.1) is 13.7 Å². The second-order valence-corrected chi connectivity index (χ2v) is 5.68. The molecule has 0 saturated heterocycles. The summed E-state index contributed by atoms with van der Waals surface area (Å²) in [4.78, 5) is 23.5. The standard InChI is InChI=1S/C17H24FNO4/c1-12(2)10-15(17(21)22-3)19-16(20)8-5-9-23-14-7-4-6-13(18)11-14/h4,6-7,11-12,15H,5,8-10H2,1-3H3,(H,19,20). The zero-order valence-electron chi connectivity index (χ0n) is 13.8. The Balaban J connectivity index is 2.33. The predicted molar refractivity (Wildman–Crippen MR) is 84.5 cm³/mol. The monoisotopic (exact) mass is 325 g/mol. The van der Waals surface area contributed by atoms with Crippen molar-refractivity contribution in [1.82, 2.24) is 5.32 Å². The van der Waals surface area contributed by atoms with Crippen LogP contribution in [0.5, 0.6) is 5.75 Å². The molecule has 1 rings (SSSR count). The molecule has 1 unspecified atom stereocenters. The van der Waals surface area contributed by atoms with Crippen LogP contribution in [0.3, 0.4) is 0 Å². The Morgan fingerprint density at radius 2 is 2.04 bits per heavy atom. The van der Waals surface area contributed by atoms with Crippen LogP contribution in [0.1, 0.15) is 33.1 Å². The minimum Gasteiger partial charge on any atom is -0.493 e. The van der Waals surface area contributed by atoms with E-state index in [-0.39, 0.29) is 24.1 Å². The molecule has 0 aliphatic heterocycles. The SMILES string of the molecule is COC(=O)C(CC(C)C)NC(=O)CCCOc1cccc(F)c1. The van der Waals surface area contributed by atoms with Gasteiger partial charge in [-0.2, -0.15) is 0 Å². The maximum absolute atomic E-state index is 13.0. The molecule has 1 atom stereocenters. The lowest BCUT2D eigenvalue weighted by Gasteiger charge is -2.18. The second kappa shape index (κ2) is 9.82. The van der Waals surface area contributed by atoms with E-state index < -0.39 is 12.0 Å². The maximum Gasteiger partial charge on any atom is 0.328 e. The topological polar surface area (TPSA) is 64.6 Å². The van der Waals surface area contributed by atoms with Gasteiger partial charge in [-0.15, -0.1) is 0 Å². The Kier molecular flexibility index (Phi) is 8.08. The van der Waals surface area contributed by atoms with Crippen molar-refractivity contribution in [3.8, 4) is 5.75 Å². The molecule has 0 heterocycles. The summed E-state index contributed by atoms with van der Waals surface area (Å²) in [6.07, 6.45) is 1.22. The Morgan fingerprint density at radius 1 is 1.30 bits per heavy atom. The zero-order valence-corrected chi connectivity index (χ0v) is 13.8. The molecule has 0 fully saturated rings. The summed E-state index contributed by atoms with van der Waals surface area (Å²) in [6, 6.07) is 5.21. The number of carbonyl (C=O) groups excluding carboxylic acids is 2. The van der Waals surface area contributed by atoms with Crippen molar-refractivity contribution >= 4 is 11.9 Å². The van der Waals surface area contributed by atoms with Crippen LogP contribution in [0.25, 0.3) is 0 Å². The third-order valence-electron chi connectivity index (χ3n) is 3.14. The van der Waals surface area contributed by atoms with Gasteiger partial charge in [0.15, 0.2) is 0 Å². The zero-order chi connectivity index (χ0) is 17.2. The molecule has 0 spiro atoms. The molecule has 0 bridgehead atoms. The molecule has 1 amide bonds. The number of carbonyl (C=O) groups is 2. The highest BCUT2D eigenvalue weighted by molar-refractivity contribution is 5.84. The number of hydrogen-bond acceptors (Lipinski definition) is 4. The van der Waals surface area contributed by atoms with Crippen molar-refractivity contribution in [3.63, 3.8) is 0 Å². The van der Waals surface area contributed by atoms with E-state index in [4.69, 9.17) is 9.47 Å². The summed E-state index contributed by atoms with van der Waals surface area (Å²) < 4.78 is 23.0. The average Bonchev–Trinajstić information content (AvgIpc) is 2.50. The number of methoxy groups -OCH3 is 1. The van der Waals surface area contributed by atoms with E-state index in [9.17, 15) is 14.0 Å². The highest BCUT2D eigenvalue weighted by Gasteiger charge is 2.22. The first-order valence-electron chi connectivity index (χ1n) is 7.68. The number of amides is 1.